The Kier molecular flexibility index (Phi) is 6.29. The van der Waals surface area contributed by atoms with Crippen LogP contribution in [0.4, 0.5) is 0 Å². The van der Waals surface area contributed by atoms with Crippen LogP contribution < -0.4 is 0 Å². The van der Waals surface area contributed by atoms with E-state index >= 15 is 0 Å². The monoisotopic (exact) mass is 708 g/mol. The summed E-state index contributed by atoms with van der Waals surface area (Å²) in [5, 5.41) is 35.7. The van der Waals surface area contributed by atoms with Crippen LogP contribution in [0.2, 0.25) is 0 Å². The number of hydrogen-bond donors (Lipinski definition) is 3. The minimum Gasteiger partial charge on any atom is -0.461 e. The fourth-order valence-corrected chi connectivity index (χ4v) is 9.92. The lowest BCUT2D eigenvalue weighted by Gasteiger charge is -2.47. The zero-order chi connectivity index (χ0) is 30.1. The van der Waals surface area contributed by atoms with Crippen LogP contribution in [-0.4, -0.2) is 90.7 Å². The summed E-state index contributed by atoms with van der Waals surface area (Å²) in [5.74, 6) is -4.41. The molecule has 0 radical (unpaired) electrons. The number of halogens is 1. The van der Waals surface area contributed by atoms with Crippen molar-refractivity contribution in [2.45, 2.75) is 81.1 Å². The number of carbonyl (C=O) groups is 3. The van der Waals surface area contributed by atoms with Crippen LogP contribution in [0.1, 0.15) is 27.7 Å². The fourth-order valence-electron chi connectivity index (χ4n) is 8.48. The van der Waals surface area contributed by atoms with Crippen LogP contribution in [0.15, 0.2) is 29.2 Å². The third kappa shape index (κ3) is 3.28. The van der Waals surface area contributed by atoms with Gasteiger partial charge in [0.1, 0.15) is 30.0 Å². The Bertz CT molecular complexity index is 1430. The molecule has 13 nitrogen and oxygen atoms in total. The van der Waals surface area contributed by atoms with E-state index in [9.17, 15) is 38.1 Å². The highest BCUT2D eigenvalue weighted by atomic mass is 127. The lowest BCUT2D eigenvalue weighted by molar-refractivity contribution is -0.208. The highest BCUT2D eigenvalue weighted by Gasteiger charge is 2.96. The lowest BCUT2D eigenvalue weighted by Crippen LogP contribution is -2.62. The maximum absolute atomic E-state index is 13.7. The zero-order valence-corrected chi connectivity index (χ0v) is 25.3. The number of benzene rings is 1. The third-order valence-electron chi connectivity index (χ3n) is 9.76. The van der Waals surface area contributed by atoms with Crippen molar-refractivity contribution < 1.29 is 61.3 Å². The van der Waals surface area contributed by atoms with Gasteiger partial charge in [0.05, 0.1) is 21.6 Å². The van der Waals surface area contributed by atoms with E-state index in [2.05, 4.69) is 0 Å². The number of ether oxygens (including phenoxy) is 4. The molecular formula is C26H29IO13S. The molecule has 5 fully saturated rings. The maximum atomic E-state index is 13.7. The lowest BCUT2D eigenvalue weighted by atomic mass is 9.53. The Morgan fingerprint density at radius 1 is 1.05 bits per heavy atom. The van der Waals surface area contributed by atoms with Gasteiger partial charge in [0, 0.05) is 9.49 Å². The summed E-state index contributed by atoms with van der Waals surface area (Å²) in [6.07, 6.45) is -12.2. The molecule has 0 bridgehead atoms. The predicted octanol–water partition coefficient (Wildman–Crippen LogP) is -0.135. The Labute approximate surface area is 248 Å². The first-order chi connectivity index (χ1) is 19.0. The standard InChI is InChI=1S/C26H29IO13S/c1-10-19(31)37-18-15(29)25-17(36-9-28)13(40-41(34,35)12-7-5-11(27)6-8-12)14(23(2,3)4)24(25)16(30)20(32)38-22(24)39-21(25)26(10,18)33/h5-10,13-18,21-22,29-30,33H,1-4H3/t10-,13-,14+,15?,16+,17?,18?,21?,22?,24?,25?,26-/m1/s1. The van der Waals surface area contributed by atoms with E-state index in [1.807, 2.05) is 22.6 Å². The van der Waals surface area contributed by atoms with Gasteiger partial charge in [-0.1, -0.05) is 20.8 Å². The van der Waals surface area contributed by atoms with E-state index in [4.69, 9.17) is 23.1 Å². The van der Waals surface area contributed by atoms with Crippen molar-refractivity contribution in [1.82, 2.24) is 0 Å². The number of hydrogen-bond acceptors (Lipinski definition) is 13. The number of esters is 2. The first-order valence-electron chi connectivity index (χ1n) is 12.9. The molecule has 2 aliphatic carbocycles. The summed E-state index contributed by atoms with van der Waals surface area (Å²) < 4.78 is 56.5. The normalized spacial score (nSPS) is 46.4. The van der Waals surface area contributed by atoms with E-state index in [1.54, 1.807) is 32.9 Å². The largest absolute Gasteiger partial charge is 0.461 e. The highest BCUT2D eigenvalue weighted by Crippen LogP contribution is 2.79. The number of carbonyl (C=O) groups excluding carboxylic acids is 3. The first-order valence-corrected chi connectivity index (χ1v) is 15.4. The van der Waals surface area contributed by atoms with Crippen molar-refractivity contribution in [2.75, 3.05) is 0 Å². The van der Waals surface area contributed by atoms with Gasteiger partial charge in [-0.25, -0.2) is 4.79 Å². The second-order valence-electron chi connectivity index (χ2n) is 12.4. The Hall–Kier alpha value is -1.89. The quantitative estimate of drug-likeness (QED) is 0.121. The van der Waals surface area contributed by atoms with Crippen molar-refractivity contribution in [3.63, 3.8) is 0 Å². The Morgan fingerprint density at radius 2 is 1.68 bits per heavy atom. The summed E-state index contributed by atoms with van der Waals surface area (Å²) in [6, 6.07) is 5.77. The van der Waals surface area contributed by atoms with Crippen LogP contribution >= 0.6 is 22.6 Å². The van der Waals surface area contributed by atoms with Gasteiger partial charge in [-0.05, 0) is 59.2 Å². The van der Waals surface area contributed by atoms with Gasteiger partial charge in [-0.2, -0.15) is 8.42 Å². The van der Waals surface area contributed by atoms with E-state index in [1.165, 1.54) is 19.1 Å². The highest BCUT2D eigenvalue weighted by molar-refractivity contribution is 14.1. The molecule has 3 heterocycles. The molecule has 6 rings (SSSR count). The maximum Gasteiger partial charge on any atom is 0.338 e. The number of aliphatic hydroxyl groups is 3. The minimum absolute atomic E-state index is 0.0285. The average molecular weight is 708 g/mol. The van der Waals surface area contributed by atoms with E-state index < -0.39 is 98.7 Å². The van der Waals surface area contributed by atoms with Gasteiger partial charge in [-0.3, -0.25) is 13.8 Å². The molecule has 2 saturated carbocycles. The van der Waals surface area contributed by atoms with Gasteiger partial charge >= 0.3 is 11.9 Å². The van der Waals surface area contributed by atoms with Crippen molar-refractivity contribution in [2.24, 2.45) is 28.1 Å². The summed E-state index contributed by atoms with van der Waals surface area (Å²) in [6.45, 7) is 6.46. The van der Waals surface area contributed by atoms with Crippen molar-refractivity contribution in [3.05, 3.63) is 27.8 Å². The molecule has 15 heteroatoms. The molecule has 0 amide bonds. The molecular weight excluding hydrogens is 679 g/mol. The van der Waals surface area contributed by atoms with Crippen molar-refractivity contribution >= 4 is 51.1 Å². The summed E-state index contributed by atoms with van der Waals surface area (Å²) in [7, 11) is -4.58. The Morgan fingerprint density at radius 3 is 2.27 bits per heavy atom. The molecule has 12 atom stereocenters. The summed E-state index contributed by atoms with van der Waals surface area (Å²) >= 11 is 2.01. The molecule has 3 saturated heterocycles. The predicted molar refractivity (Wildman–Crippen MR) is 141 cm³/mol. The van der Waals surface area contributed by atoms with Gasteiger partial charge in [0.25, 0.3) is 16.6 Å². The van der Waals surface area contributed by atoms with Gasteiger partial charge in [0.15, 0.2) is 12.2 Å². The van der Waals surface area contributed by atoms with Gasteiger partial charge in [-0.15, -0.1) is 0 Å². The average Bonchev–Trinajstić information content (AvgIpc) is 3.52. The van der Waals surface area contributed by atoms with Gasteiger partial charge in [0.2, 0.25) is 6.29 Å². The number of rotatable bonds is 5. The molecule has 0 aromatic heterocycles. The first kappa shape index (κ1) is 29.2. The van der Waals surface area contributed by atoms with Crippen molar-refractivity contribution in [1.29, 1.82) is 0 Å². The van der Waals surface area contributed by atoms with Crippen LogP contribution in [0.3, 0.4) is 0 Å². The van der Waals surface area contributed by atoms with Crippen molar-refractivity contribution in [3.8, 4) is 0 Å². The van der Waals surface area contributed by atoms with E-state index in [-0.39, 0.29) is 11.4 Å². The molecule has 2 spiro atoms. The SMILES string of the molecule is C[C@@H]1C(=O)OC2C(O)C34C(OC=O)[C@H](OS(=O)(=O)c5ccc(I)cc5)[C@@H](C(C)(C)C)C35C(OC(=O)[C@@H]5O)OC4[C@]21O. The van der Waals surface area contributed by atoms with Crippen LogP contribution in [0.25, 0.3) is 0 Å². The molecule has 1 aromatic carbocycles. The topological polar surface area (TPSA) is 192 Å². The minimum atomic E-state index is -4.58. The molecule has 1 aromatic rings. The second kappa shape index (κ2) is 8.83. The van der Waals surface area contributed by atoms with E-state index in [0.717, 1.165) is 3.57 Å². The van der Waals surface area contributed by atoms with Crippen LogP contribution in [-0.2, 0) is 47.6 Å². The van der Waals surface area contributed by atoms with Crippen LogP contribution in [0.5, 0.6) is 0 Å². The number of fused-ring (bicyclic) bond motifs is 2. The second-order valence-corrected chi connectivity index (χ2v) is 15.2. The van der Waals surface area contributed by atoms with E-state index in [0.29, 0.717) is 0 Å². The number of aliphatic hydroxyl groups excluding tert-OH is 2. The molecule has 5 aliphatic rings. The van der Waals surface area contributed by atoms with Gasteiger partial charge < -0.3 is 34.3 Å². The third-order valence-corrected chi connectivity index (χ3v) is 11.8. The molecule has 3 N–H and O–H groups in total. The fraction of sp³-hybridized carbons (Fsp3) is 0.654. The van der Waals surface area contributed by atoms with Crippen LogP contribution in [0, 0.1) is 31.7 Å². The molecule has 7 unspecified atom stereocenters. The molecule has 224 valence electrons. The summed E-state index contributed by atoms with van der Waals surface area (Å²) in [4.78, 5) is 37.4. The Balaban J connectivity index is 1.63. The zero-order valence-electron chi connectivity index (χ0n) is 22.3. The summed E-state index contributed by atoms with van der Waals surface area (Å²) in [5.41, 5.74) is -7.40. The molecule has 3 aliphatic heterocycles. The molecule has 41 heavy (non-hydrogen) atoms. The smallest absolute Gasteiger partial charge is 0.338 e.